The Morgan fingerprint density at radius 2 is 1.90 bits per heavy atom. The van der Waals surface area contributed by atoms with Crippen LogP contribution in [0.5, 0.6) is 5.75 Å². The van der Waals surface area contributed by atoms with Gasteiger partial charge in [-0.15, -0.1) is 0 Å². The minimum Gasteiger partial charge on any atom is -0.491 e. The van der Waals surface area contributed by atoms with Gasteiger partial charge in [0, 0.05) is 43.8 Å². The topological polar surface area (TPSA) is 101 Å². The number of aliphatic hydroxyl groups is 1. The molecule has 7 heteroatoms. The molecule has 1 heterocycles. The molecule has 1 unspecified atom stereocenters. The van der Waals surface area contributed by atoms with Crippen LogP contribution < -0.4 is 20.8 Å². The smallest absolute Gasteiger partial charge is 0.219 e. The van der Waals surface area contributed by atoms with E-state index in [4.69, 9.17) is 9.15 Å². The molecule has 2 aromatic carbocycles. The molecular formula is C24H28N2O5. The van der Waals surface area contributed by atoms with Crippen LogP contribution in [0.2, 0.25) is 0 Å². The molecule has 31 heavy (non-hydrogen) atoms. The third kappa shape index (κ3) is 6.41. The molecule has 164 valence electrons. The highest BCUT2D eigenvalue weighted by Gasteiger charge is 2.10. The van der Waals surface area contributed by atoms with Crippen molar-refractivity contribution in [3.05, 3.63) is 64.3 Å². The van der Waals surface area contributed by atoms with Gasteiger partial charge in [-0.3, -0.25) is 9.59 Å². The Morgan fingerprint density at radius 1 is 1.13 bits per heavy atom. The first-order chi connectivity index (χ1) is 15.0. The summed E-state index contributed by atoms with van der Waals surface area (Å²) in [5.41, 5.74) is 2.26. The molecule has 0 aliphatic rings. The van der Waals surface area contributed by atoms with E-state index in [0.717, 1.165) is 11.1 Å². The van der Waals surface area contributed by atoms with E-state index in [1.165, 1.54) is 6.07 Å². The van der Waals surface area contributed by atoms with Gasteiger partial charge in [-0.25, -0.2) is 0 Å². The normalized spacial score (nSPS) is 12.0. The molecule has 0 radical (unpaired) electrons. The van der Waals surface area contributed by atoms with E-state index in [2.05, 4.69) is 10.6 Å². The Balaban J connectivity index is 1.59. The van der Waals surface area contributed by atoms with Crippen LogP contribution >= 0.6 is 0 Å². The molecule has 3 rings (SSSR count). The number of hydrogen-bond donors (Lipinski definition) is 3. The maximum atomic E-state index is 12.5. The van der Waals surface area contributed by atoms with E-state index in [0.29, 0.717) is 48.5 Å². The largest absolute Gasteiger partial charge is 0.491 e. The van der Waals surface area contributed by atoms with Crippen LogP contribution in [-0.2, 0) is 4.79 Å². The average Bonchev–Trinajstić information content (AvgIpc) is 2.77. The van der Waals surface area contributed by atoms with Gasteiger partial charge in [-0.1, -0.05) is 36.8 Å². The van der Waals surface area contributed by atoms with Gasteiger partial charge in [0.1, 0.15) is 29.8 Å². The lowest BCUT2D eigenvalue weighted by Gasteiger charge is -2.14. The standard InChI is InChI=1S/C24H28N2O5/c1-3-24(29)26-11-10-25-14-18(27)15-30-19-8-9-20-21(28)13-22(31-23(20)12-19)17-6-4-16(2)5-7-17/h4-9,12-13,18,25,27H,3,10-11,14-15H2,1-2H3,(H,26,29). The SMILES string of the molecule is CCC(=O)NCCNCC(O)COc1ccc2c(=O)cc(-c3ccc(C)cc3)oc2c1. The van der Waals surface area contributed by atoms with Gasteiger partial charge < -0.3 is 24.9 Å². The molecule has 1 amide bonds. The first kappa shape index (κ1) is 22.5. The highest BCUT2D eigenvalue weighted by atomic mass is 16.5. The zero-order valence-electron chi connectivity index (χ0n) is 17.8. The number of fused-ring (bicyclic) bond motifs is 1. The van der Waals surface area contributed by atoms with E-state index in [-0.39, 0.29) is 17.9 Å². The molecule has 1 atom stereocenters. The van der Waals surface area contributed by atoms with Crippen molar-refractivity contribution >= 4 is 16.9 Å². The zero-order chi connectivity index (χ0) is 22.2. The van der Waals surface area contributed by atoms with Crippen molar-refractivity contribution in [2.24, 2.45) is 0 Å². The number of amides is 1. The summed E-state index contributed by atoms with van der Waals surface area (Å²) in [4.78, 5) is 23.6. The Bertz CT molecular complexity index is 1080. The molecule has 0 saturated carbocycles. The number of nitrogens with one attached hydrogen (secondary N) is 2. The summed E-state index contributed by atoms with van der Waals surface area (Å²) in [6.45, 7) is 5.28. The molecule has 0 fully saturated rings. The molecule has 0 bridgehead atoms. The van der Waals surface area contributed by atoms with Crippen LogP contribution in [0.3, 0.4) is 0 Å². The molecule has 3 aromatic rings. The Labute approximate surface area is 181 Å². The maximum absolute atomic E-state index is 12.5. The summed E-state index contributed by atoms with van der Waals surface area (Å²) >= 11 is 0. The lowest BCUT2D eigenvalue weighted by molar-refractivity contribution is -0.120. The van der Waals surface area contributed by atoms with E-state index >= 15 is 0 Å². The van der Waals surface area contributed by atoms with Crippen molar-refractivity contribution < 1.29 is 19.1 Å². The third-order valence-corrected chi connectivity index (χ3v) is 4.80. The number of aryl methyl sites for hydroxylation is 1. The molecule has 0 spiro atoms. The number of rotatable bonds is 10. The number of benzene rings is 2. The summed E-state index contributed by atoms with van der Waals surface area (Å²) in [5.74, 6) is 0.999. The van der Waals surface area contributed by atoms with E-state index in [1.54, 1.807) is 25.1 Å². The summed E-state index contributed by atoms with van der Waals surface area (Å²) in [7, 11) is 0. The predicted octanol–water partition coefficient (Wildman–Crippen LogP) is 2.62. The van der Waals surface area contributed by atoms with Crippen molar-refractivity contribution in [2.75, 3.05) is 26.2 Å². The fraction of sp³-hybridized carbons (Fsp3) is 0.333. The van der Waals surface area contributed by atoms with Crippen molar-refractivity contribution in [3.63, 3.8) is 0 Å². The Hall–Kier alpha value is -3.16. The van der Waals surface area contributed by atoms with Gasteiger partial charge >= 0.3 is 0 Å². The Morgan fingerprint density at radius 3 is 2.65 bits per heavy atom. The minimum absolute atomic E-state index is 0.000766. The van der Waals surface area contributed by atoms with Gasteiger partial charge in [-0.05, 0) is 19.1 Å². The van der Waals surface area contributed by atoms with E-state index < -0.39 is 6.10 Å². The number of carbonyl (C=O) groups excluding carboxylic acids is 1. The van der Waals surface area contributed by atoms with Crippen molar-refractivity contribution in [1.82, 2.24) is 10.6 Å². The van der Waals surface area contributed by atoms with Gasteiger partial charge in [-0.2, -0.15) is 0 Å². The van der Waals surface area contributed by atoms with E-state index in [1.807, 2.05) is 31.2 Å². The highest BCUT2D eigenvalue weighted by Crippen LogP contribution is 2.25. The van der Waals surface area contributed by atoms with Crippen LogP contribution in [0.4, 0.5) is 0 Å². The number of carbonyl (C=O) groups is 1. The quantitative estimate of drug-likeness (QED) is 0.433. The second kappa shape index (κ2) is 10.7. The highest BCUT2D eigenvalue weighted by molar-refractivity contribution is 5.80. The lowest BCUT2D eigenvalue weighted by atomic mass is 10.1. The second-order valence-electron chi connectivity index (χ2n) is 7.37. The predicted molar refractivity (Wildman–Crippen MR) is 120 cm³/mol. The zero-order valence-corrected chi connectivity index (χ0v) is 17.8. The van der Waals surface area contributed by atoms with Crippen LogP contribution in [0, 0.1) is 6.92 Å². The fourth-order valence-electron chi connectivity index (χ4n) is 3.02. The monoisotopic (exact) mass is 424 g/mol. The molecule has 0 aliphatic heterocycles. The van der Waals surface area contributed by atoms with Crippen LogP contribution in [0.15, 0.2) is 57.7 Å². The van der Waals surface area contributed by atoms with Crippen LogP contribution in [0.1, 0.15) is 18.9 Å². The number of aliphatic hydroxyl groups excluding tert-OH is 1. The van der Waals surface area contributed by atoms with Crippen molar-refractivity contribution in [1.29, 1.82) is 0 Å². The molecule has 1 aromatic heterocycles. The summed E-state index contributed by atoms with van der Waals surface area (Å²) in [6.07, 6.45) is -0.266. The summed E-state index contributed by atoms with van der Waals surface area (Å²) in [6, 6.07) is 14.3. The first-order valence-electron chi connectivity index (χ1n) is 10.4. The lowest BCUT2D eigenvalue weighted by Crippen LogP contribution is -2.36. The molecular weight excluding hydrogens is 396 g/mol. The van der Waals surface area contributed by atoms with Crippen molar-refractivity contribution in [3.8, 4) is 17.1 Å². The summed E-state index contributed by atoms with van der Waals surface area (Å²) < 4.78 is 11.6. The minimum atomic E-state index is -0.719. The average molecular weight is 424 g/mol. The number of ether oxygens (including phenoxy) is 1. The van der Waals surface area contributed by atoms with Gasteiger partial charge in [0.2, 0.25) is 5.91 Å². The molecule has 0 aliphatic carbocycles. The Kier molecular flexibility index (Phi) is 7.81. The fourth-order valence-corrected chi connectivity index (χ4v) is 3.02. The maximum Gasteiger partial charge on any atom is 0.219 e. The molecule has 3 N–H and O–H groups in total. The molecule has 0 saturated heterocycles. The van der Waals surface area contributed by atoms with Crippen LogP contribution in [-0.4, -0.2) is 43.4 Å². The first-order valence-corrected chi connectivity index (χ1v) is 10.4. The summed E-state index contributed by atoms with van der Waals surface area (Å²) in [5, 5.41) is 16.4. The van der Waals surface area contributed by atoms with Gasteiger partial charge in [0.05, 0.1) is 5.39 Å². The molecule has 7 nitrogen and oxygen atoms in total. The third-order valence-electron chi connectivity index (χ3n) is 4.80. The second-order valence-corrected chi connectivity index (χ2v) is 7.37. The van der Waals surface area contributed by atoms with Gasteiger partial charge in [0.25, 0.3) is 0 Å². The van der Waals surface area contributed by atoms with E-state index in [9.17, 15) is 14.7 Å². The number of hydrogen-bond acceptors (Lipinski definition) is 6. The van der Waals surface area contributed by atoms with Crippen LogP contribution in [0.25, 0.3) is 22.3 Å². The van der Waals surface area contributed by atoms with Gasteiger partial charge in [0.15, 0.2) is 5.43 Å². The van der Waals surface area contributed by atoms with Crippen molar-refractivity contribution in [2.45, 2.75) is 26.4 Å².